The Balaban J connectivity index is 1.91. The van der Waals surface area contributed by atoms with E-state index in [4.69, 9.17) is 10.5 Å². The van der Waals surface area contributed by atoms with E-state index in [-0.39, 0.29) is 11.0 Å². The summed E-state index contributed by atoms with van der Waals surface area (Å²) in [6.07, 6.45) is 4.39. The van der Waals surface area contributed by atoms with Crippen molar-refractivity contribution in [3.8, 4) is 0 Å². The van der Waals surface area contributed by atoms with Crippen LogP contribution in [0.15, 0.2) is 4.99 Å². The first-order valence-corrected chi connectivity index (χ1v) is 6.52. The highest BCUT2D eigenvalue weighted by Gasteiger charge is 2.49. The van der Waals surface area contributed by atoms with E-state index in [9.17, 15) is 0 Å². The Kier molecular flexibility index (Phi) is 3.10. The number of nitrogens with one attached hydrogen (secondary N) is 1. The molecule has 2 saturated heterocycles. The van der Waals surface area contributed by atoms with Crippen molar-refractivity contribution in [3.05, 3.63) is 0 Å². The second-order valence-electron chi connectivity index (χ2n) is 6.76. The van der Waals surface area contributed by atoms with Crippen molar-refractivity contribution in [1.82, 2.24) is 5.32 Å². The first-order valence-electron chi connectivity index (χ1n) is 6.52. The van der Waals surface area contributed by atoms with E-state index in [1.807, 2.05) is 0 Å². The van der Waals surface area contributed by atoms with Gasteiger partial charge in [0, 0.05) is 11.0 Å². The number of nitrogens with zero attached hydrogens (tertiary/aromatic N) is 1. The van der Waals surface area contributed by atoms with Gasteiger partial charge in [-0.15, -0.1) is 0 Å². The van der Waals surface area contributed by atoms with Crippen LogP contribution >= 0.6 is 0 Å². The SMILES string of the molecule is CC(C)(C)NC(N)=NCC1(C)CC2CCC1O2. The van der Waals surface area contributed by atoms with E-state index >= 15 is 0 Å². The van der Waals surface area contributed by atoms with Crippen LogP contribution in [-0.4, -0.2) is 30.3 Å². The van der Waals surface area contributed by atoms with Gasteiger partial charge in [0.1, 0.15) is 0 Å². The van der Waals surface area contributed by atoms with Crippen molar-refractivity contribution in [1.29, 1.82) is 0 Å². The molecule has 0 amide bonds. The summed E-state index contributed by atoms with van der Waals surface area (Å²) in [5.74, 6) is 0.543. The second kappa shape index (κ2) is 4.16. The average Bonchev–Trinajstić information content (AvgIpc) is 2.72. The highest BCUT2D eigenvalue weighted by molar-refractivity contribution is 5.78. The third-order valence-corrected chi connectivity index (χ3v) is 3.69. The Labute approximate surface area is 104 Å². The van der Waals surface area contributed by atoms with Crippen LogP contribution < -0.4 is 11.1 Å². The molecule has 4 nitrogen and oxygen atoms in total. The molecular formula is C13H25N3O. The minimum absolute atomic E-state index is 0.0281. The number of ether oxygens (including phenoxy) is 1. The summed E-state index contributed by atoms with van der Waals surface area (Å²) in [7, 11) is 0. The van der Waals surface area contributed by atoms with Gasteiger partial charge in [-0.25, -0.2) is 0 Å². The van der Waals surface area contributed by atoms with Crippen LogP contribution in [0.2, 0.25) is 0 Å². The fourth-order valence-electron chi connectivity index (χ4n) is 2.88. The zero-order chi connectivity index (χ0) is 12.7. The summed E-state index contributed by atoms with van der Waals surface area (Å²) >= 11 is 0. The fourth-order valence-corrected chi connectivity index (χ4v) is 2.88. The molecule has 0 saturated carbocycles. The predicted molar refractivity (Wildman–Crippen MR) is 70.0 cm³/mol. The number of rotatable bonds is 2. The first kappa shape index (κ1) is 12.7. The topological polar surface area (TPSA) is 59.6 Å². The Bertz CT molecular complexity index is 321. The third kappa shape index (κ3) is 2.92. The normalized spacial score (nSPS) is 37.5. The Morgan fingerprint density at radius 3 is 2.65 bits per heavy atom. The number of hydrogen-bond donors (Lipinski definition) is 2. The molecule has 2 heterocycles. The zero-order valence-corrected chi connectivity index (χ0v) is 11.4. The highest BCUT2D eigenvalue weighted by atomic mass is 16.5. The van der Waals surface area contributed by atoms with Crippen LogP contribution in [-0.2, 0) is 4.74 Å². The molecule has 2 fully saturated rings. The molecule has 2 bridgehead atoms. The van der Waals surface area contributed by atoms with E-state index in [0.29, 0.717) is 18.2 Å². The van der Waals surface area contributed by atoms with Gasteiger partial charge >= 0.3 is 0 Å². The number of hydrogen-bond acceptors (Lipinski definition) is 2. The molecule has 0 aliphatic carbocycles. The van der Waals surface area contributed by atoms with E-state index < -0.39 is 0 Å². The number of aliphatic imine (C=N–C) groups is 1. The van der Waals surface area contributed by atoms with Gasteiger partial charge in [0.25, 0.3) is 0 Å². The van der Waals surface area contributed by atoms with Gasteiger partial charge in [-0.1, -0.05) is 6.92 Å². The molecule has 3 atom stereocenters. The predicted octanol–water partition coefficient (Wildman–Crippen LogP) is 1.65. The molecule has 17 heavy (non-hydrogen) atoms. The highest BCUT2D eigenvalue weighted by Crippen LogP contribution is 2.47. The standard InChI is InChI=1S/C13H25N3O/c1-12(2,3)16-11(14)15-8-13(4)7-9-5-6-10(13)17-9/h9-10H,5-8H2,1-4H3,(H3,14,15,16). The summed E-state index contributed by atoms with van der Waals surface area (Å²) in [6.45, 7) is 9.28. The van der Waals surface area contributed by atoms with Crippen molar-refractivity contribution in [3.63, 3.8) is 0 Å². The Morgan fingerprint density at radius 1 is 1.47 bits per heavy atom. The smallest absolute Gasteiger partial charge is 0.189 e. The van der Waals surface area contributed by atoms with Gasteiger partial charge in [0.05, 0.1) is 18.8 Å². The quantitative estimate of drug-likeness (QED) is 0.569. The van der Waals surface area contributed by atoms with E-state index in [2.05, 4.69) is 38.0 Å². The van der Waals surface area contributed by atoms with Gasteiger partial charge in [0.15, 0.2) is 5.96 Å². The number of guanidine groups is 1. The van der Waals surface area contributed by atoms with Crippen LogP contribution in [0.5, 0.6) is 0 Å². The number of fused-ring (bicyclic) bond motifs is 2. The zero-order valence-electron chi connectivity index (χ0n) is 11.4. The minimum atomic E-state index is -0.0281. The van der Waals surface area contributed by atoms with Crippen molar-refractivity contribution in [2.24, 2.45) is 16.1 Å². The lowest BCUT2D eigenvalue weighted by Crippen LogP contribution is -2.45. The van der Waals surface area contributed by atoms with Gasteiger partial charge in [-0.05, 0) is 40.0 Å². The molecule has 2 rings (SSSR count). The lowest BCUT2D eigenvalue weighted by atomic mass is 9.76. The molecule has 3 unspecified atom stereocenters. The van der Waals surface area contributed by atoms with E-state index in [1.165, 1.54) is 12.8 Å². The maximum Gasteiger partial charge on any atom is 0.189 e. The maximum atomic E-state index is 5.89. The summed E-state index contributed by atoms with van der Waals surface area (Å²) in [5.41, 5.74) is 6.05. The summed E-state index contributed by atoms with van der Waals surface area (Å²) < 4.78 is 5.89. The molecule has 0 spiro atoms. The Hall–Kier alpha value is -0.770. The largest absolute Gasteiger partial charge is 0.374 e. The molecule has 98 valence electrons. The van der Waals surface area contributed by atoms with Crippen molar-refractivity contribution in [2.75, 3.05) is 6.54 Å². The average molecular weight is 239 g/mol. The summed E-state index contributed by atoms with van der Waals surface area (Å²) in [6, 6.07) is 0. The molecule has 0 aromatic heterocycles. The van der Waals surface area contributed by atoms with Crippen LogP contribution in [0, 0.1) is 5.41 Å². The lowest BCUT2D eigenvalue weighted by molar-refractivity contribution is 0.0706. The molecule has 2 aliphatic heterocycles. The van der Waals surface area contributed by atoms with Crippen molar-refractivity contribution in [2.45, 2.75) is 64.7 Å². The minimum Gasteiger partial charge on any atom is -0.374 e. The summed E-state index contributed by atoms with van der Waals surface area (Å²) in [5, 5.41) is 3.19. The van der Waals surface area contributed by atoms with Gasteiger partial charge in [0.2, 0.25) is 0 Å². The van der Waals surface area contributed by atoms with Crippen LogP contribution in [0.1, 0.15) is 47.0 Å². The molecule has 3 N–H and O–H groups in total. The second-order valence-corrected chi connectivity index (χ2v) is 6.76. The van der Waals surface area contributed by atoms with Crippen molar-refractivity contribution < 1.29 is 4.74 Å². The van der Waals surface area contributed by atoms with Crippen LogP contribution in [0.25, 0.3) is 0 Å². The molecule has 4 heteroatoms. The summed E-state index contributed by atoms with van der Waals surface area (Å²) in [4.78, 5) is 4.49. The van der Waals surface area contributed by atoms with E-state index in [0.717, 1.165) is 13.0 Å². The molecule has 2 aliphatic rings. The Morgan fingerprint density at radius 2 is 2.18 bits per heavy atom. The monoisotopic (exact) mass is 239 g/mol. The number of nitrogens with two attached hydrogens (primary N) is 1. The van der Waals surface area contributed by atoms with E-state index in [1.54, 1.807) is 0 Å². The molecule has 0 aromatic carbocycles. The molecule has 0 aromatic rings. The lowest BCUT2D eigenvalue weighted by Gasteiger charge is -2.30. The van der Waals surface area contributed by atoms with Crippen LogP contribution in [0.4, 0.5) is 0 Å². The molecule has 0 radical (unpaired) electrons. The maximum absolute atomic E-state index is 5.89. The van der Waals surface area contributed by atoms with Gasteiger partial charge < -0.3 is 15.8 Å². The van der Waals surface area contributed by atoms with Crippen LogP contribution in [0.3, 0.4) is 0 Å². The fraction of sp³-hybridized carbons (Fsp3) is 0.923. The van der Waals surface area contributed by atoms with Gasteiger partial charge in [-0.3, -0.25) is 4.99 Å². The van der Waals surface area contributed by atoms with Gasteiger partial charge in [-0.2, -0.15) is 0 Å². The third-order valence-electron chi connectivity index (χ3n) is 3.69. The van der Waals surface area contributed by atoms with Crippen molar-refractivity contribution >= 4 is 5.96 Å². The molecular weight excluding hydrogens is 214 g/mol. The first-order chi connectivity index (χ1) is 7.78.